The van der Waals surface area contributed by atoms with Crippen LogP contribution in [0.5, 0.6) is 0 Å². The second kappa shape index (κ2) is 5.11. The Bertz CT molecular complexity index is 876. The molecule has 0 amide bonds. The number of benzene rings is 2. The van der Waals surface area contributed by atoms with Gasteiger partial charge in [0.25, 0.3) is 0 Å². The molecule has 0 radical (unpaired) electrons. The highest BCUT2D eigenvalue weighted by atomic mass is 32.2. The third-order valence-corrected chi connectivity index (χ3v) is 4.48. The van der Waals surface area contributed by atoms with Gasteiger partial charge in [-0.25, -0.2) is 13.1 Å². The van der Waals surface area contributed by atoms with E-state index in [-0.39, 0.29) is 17.3 Å². The van der Waals surface area contributed by atoms with Crippen molar-refractivity contribution in [1.29, 1.82) is 0 Å². The summed E-state index contributed by atoms with van der Waals surface area (Å²) in [4.78, 5) is 0.163. The molecule has 3 aromatic rings. The molecule has 0 saturated carbocycles. The fraction of sp³-hybridized carbons (Fsp3) is 0.0833. The molecule has 0 fully saturated rings. The number of hydrogen-bond donors (Lipinski definition) is 3. The summed E-state index contributed by atoms with van der Waals surface area (Å²) in [7, 11) is -3.71. The van der Waals surface area contributed by atoms with Crippen molar-refractivity contribution in [3.05, 3.63) is 42.2 Å². The van der Waals surface area contributed by atoms with E-state index in [0.717, 1.165) is 0 Å². The molecule has 2 aromatic carbocycles. The minimum Gasteiger partial charge on any atom is -0.398 e. The molecule has 9 heteroatoms. The van der Waals surface area contributed by atoms with Crippen molar-refractivity contribution in [2.45, 2.75) is 11.4 Å². The maximum atomic E-state index is 12.4. The van der Waals surface area contributed by atoms with Crippen molar-refractivity contribution in [2.24, 2.45) is 0 Å². The summed E-state index contributed by atoms with van der Waals surface area (Å²) < 4.78 is 27.3. The van der Waals surface area contributed by atoms with Gasteiger partial charge in [-0.05, 0) is 12.1 Å². The van der Waals surface area contributed by atoms with Gasteiger partial charge in [0.05, 0.1) is 11.4 Å². The standard InChI is InChI=1S/C12H12N6O2S/c13-10-5-6-11(9-4-2-1-3-8(9)10)21(19,20)14-7-12-15-17-18-16-12/h1-6,14H,7,13H2,(H,15,16,17,18). The number of sulfonamides is 1. The fourth-order valence-corrected chi connectivity index (χ4v) is 3.21. The lowest BCUT2D eigenvalue weighted by atomic mass is 10.1. The highest BCUT2D eigenvalue weighted by Crippen LogP contribution is 2.27. The van der Waals surface area contributed by atoms with E-state index in [2.05, 4.69) is 25.3 Å². The second-order valence-corrected chi connectivity index (χ2v) is 6.09. The van der Waals surface area contributed by atoms with E-state index in [1.807, 2.05) is 6.07 Å². The summed E-state index contributed by atoms with van der Waals surface area (Å²) in [5.74, 6) is 0.262. The summed E-state index contributed by atoms with van der Waals surface area (Å²) in [5, 5.41) is 14.3. The molecule has 1 aromatic heterocycles. The Morgan fingerprint density at radius 3 is 2.62 bits per heavy atom. The summed E-state index contributed by atoms with van der Waals surface area (Å²) in [6.45, 7) is -0.0441. The molecular weight excluding hydrogens is 292 g/mol. The van der Waals surface area contributed by atoms with Crippen LogP contribution in [0.1, 0.15) is 5.82 Å². The highest BCUT2D eigenvalue weighted by Gasteiger charge is 2.18. The number of tetrazole rings is 1. The normalized spacial score (nSPS) is 11.8. The van der Waals surface area contributed by atoms with Crippen molar-refractivity contribution < 1.29 is 8.42 Å². The van der Waals surface area contributed by atoms with Crippen LogP contribution in [0.4, 0.5) is 5.69 Å². The van der Waals surface area contributed by atoms with Gasteiger partial charge in [-0.3, -0.25) is 0 Å². The molecule has 0 aliphatic heterocycles. The molecule has 3 rings (SSSR count). The van der Waals surface area contributed by atoms with Crippen LogP contribution in [0.25, 0.3) is 10.8 Å². The van der Waals surface area contributed by atoms with Crippen molar-refractivity contribution in [3.63, 3.8) is 0 Å². The van der Waals surface area contributed by atoms with E-state index >= 15 is 0 Å². The fourth-order valence-electron chi connectivity index (χ4n) is 2.02. The molecule has 0 atom stereocenters. The van der Waals surface area contributed by atoms with Gasteiger partial charge in [-0.1, -0.05) is 29.5 Å². The Kier molecular flexibility index (Phi) is 3.28. The Labute approximate surface area is 120 Å². The van der Waals surface area contributed by atoms with Gasteiger partial charge in [0.2, 0.25) is 10.0 Å². The summed E-state index contributed by atoms with van der Waals surface area (Å²) in [5.41, 5.74) is 6.40. The summed E-state index contributed by atoms with van der Waals surface area (Å²) in [6.07, 6.45) is 0. The molecule has 4 N–H and O–H groups in total. The molecule has 0 saturated heterocycles. The van der Waals surface area contributed by atoms with Gasteiger partial charge in [0, 0.05) is 16.5 Å². The van der Waals surface area contributed by atoms with E-state index in [1.54, 1.807) is 24.3 Å². The van der Waals surface area contributed by atoms with Crippen LogP contribution in [0.3, 0.4) is 0 Å². The monoisotopic (exact) mass is 304 g/mol. The van der Waals surface area contributed by atoms with E-state index in [0.29, 0.717) is 16.5 Å². The zero-order chi connectivity index (χ0) is 14.9. The number of nitrogen functional groups attached to an aromatic ring is 1. The van der Waals surface area contributed by atoms with E-state index < -0.39 is 10.0 Å². The third kappa shape index (κ3) is 2.56. The molecule has 108 valence electrons. The number of H-pyrrole nitrogens is 1. The molecule has 1 heterocycles. The van der Waals surface area contributed by atoms with Crippen molar-refractivity contribution in [2.75, 3.05) is 5.73 Å². The maximum absolute atomic E-state index is 12.4. The van der Waals surface area contributed by atoms with Crippen LogP contribution < -0.4 is 10.5 Å². The topological polar surface area (TPSA) is 127 Å². The smallest absolute Gasteiger partial charge is 0.241 e. The lowest BCUT2D eigenvalue weighted by Gasteiger charge is -2.10. The number of nitrogens with zero attached hydrogens (tertiary/aromatic N) is 3. The van der Waals surface area contributed by atoms with Gasteiger partial charge in [-0.2, -0.15) is 5.21 Å². The first-order valence-corrected chi connectivity index (χ1v) is 7.55. The van der Waals surface area contributed by atoms with E-state index in [9.17, 15) is 8.42 Å². The van der Waals surface area contributed by atoms with E-state index in [4.69, 9.17) is 5.73 Å². The van der Waals surface area contributed by atoms with E-state index in [1.165, 1.54) is 6.07 Å². The first-order chi connectivity index (χ1) is 10.1. The number of nitrogens with two attached hydrogens (primary N) is 1. The zero-order valence-electron chi connectivity index (χ0n) is 10.8. The molecular formula is C12H12N6O2S. The lowest BCUT2D eigenvalue weighted by molar-refractivity contribution is 0.580. The lowest BCUT2D eigenvalue weighted by Crippen LogP contribution is -2.24. The average molecular weight is 304 g/mol. The quantitative estimate of drug-likeness (QED) is 0.599. The highest BCUT2D eigenvalue weighted by molar-refractivity contribution is 7.89. The van der Waals surface area contributed by atoms with Crippen molar-refractivity contribution in [3.8, 4) is 0 Å². The van der Waals surface area contributed by atoms with Crippen LogP contribution in [-0.4, -0.2) is 29.0 Å². The number of rotatable bonds is 4. The van der Waals surface area contributed by atoms with Gasteiger partial charge in [0.15, 0.2) is 5.82 Å². The number of hydrogen-bond acceptors (Lipinski definition) is 6. The Morgan fingerprint density at radius 2 is 1.90 bits per heavy atom. The largest absolute Gasteiger partial charge is 0.398 e. The second-order valence-electron chi connectivity index (χ2n) is 4.35. The Hall–Kier alpha value is -2.52. The predicted octanol–water partition coefficient (Wildman–Crippen LogP) is 0.414. The molecule has 8 nitrogen and oxygen atoms in total. The molecule has 0 spiro atoms. The van der Waals surface area contributed by atoms with Crippen molar-refractivity contribution in [1.82, 2.24) is 25.3 Å². The zero-order valence-corrected chi connectivity index (χ0v) is 11.6. The van der Waals surface area contributed by atoms with Gasteiger partial charge >= 0.3 is 0 Å². The number of aromatic nitrogens is 4. The predicted molar refractivity (Wildman–Crippen MR) is 76.6 cm³/mol. The SMILES string of the molecule is Nc1ccc(S(=O)(=O)NCc2nn[nH]n2)c2ccccc12. The van der Waals surface area contributed by atoms with Crippen molar-refractivity contribution >= 4 is 26.5 Å². The maximum Gasteiger partial charge on any atom is 0.241 e. The Balaban J connectivity index is 2.01. The molecule has 0 aliphatic carbocycles. The van der Waals surface area contributed by atoms with Crippen LogP contribution in [0.15, 0.2) is 41.3 Å². The number of aromatic amines is 1. The van der Waals surface area contributed by atoms with Gasteiger partial charge in [-0.15, -0.1) is 10.2 Å². The van der Waals surface area contributed by atoms with Crippen LogP contribution in [0.2, 0.25) is 0 Å². The molecule has 21 heavy (non-hydrogen) atoms. The average Bonchev–Trinajstić information content (AvgIpc) is 2.99. The molecule has 0 bridgehead atoms. The summed E-state index contributed by atoms with van der Waals surface area (Å²) >= 11 is 0. The van der Waals surface area contributed by atoms with Gasteiger partial charge < -0.3 is 5.73 Å². The number of nitrogens with one attached hydrogen (secondary N) is 2. The number of anilines is 1. The Morgan fingerprint density at radius 1 is 1.14 bits per heavy atom. The van der Waals surface area contributed by atoms with Crippen LogP contribution in [0, 0.1) is 0 Å². The van der Waals surface area contributed by atoms with Crippen LogP contribution >= 0.6 is 0 Å². The molecule has 0 unspecified atom stereocenters. The summed E-state index contributed by atoms with van der Waals surface area (Å²) in [6, 6.07) is 10.1. The third-order valence-electron chi connectivity index (χ3n) is 3.02. The first kappa shape index (κ1) is 13.5. The van der Waals surface area contributed by atoms with Crippen LogP contribution in [-0.2, 0) is 16.6 Å². The molecule has 0 aliphatic rings. The first-order valence-electron chi connectivity index (χ1n) is 6.07. The minimum atomic E-state index is -3.71. The number of fused-ring (bicyclic) bond motifs is 1. The van der Waals surface area contributed by atoms with Gasteiger partial charge in [0.1, 0.15) is 0 Å². The minimum absolute atomic E-state index is 0.0441.